The topological polar surface area (TPSA) is 30.5 Å². The van der Waals surface area contributed by atoms with E-state index in [1.165, 1.54) is 26.4 Å². The molecule has 0 heterocycles. The van der Waals surface area contributed by atoms with Crippen molar-refractivity contribution < 1.29 is 18.3 Å². The smallest absolute Gasteiger partial charge is 0.176 e. The van der Waals surface area contributed by atoms with Crippen LogP contribution in [0.4, 0.5) is 8.78 Å². The van der Waals surface area contributed by atoms with Gasteiger partial charge in [-0.25, -0.2) is 8.78 Å². The van der Waals surface area contributed by atoms with Crippen LogP contribution in [0.1, 0.15) is 18.5 Å². The molecule has 0 aliphatic carbocycles. The zero-order chi connectivity index (χ0) is 13.7. The van der Waals surface area contributed by atoms with Crippen molar-refractivity contribution >= 4 is 15.9 Å². The molecule has 0 spiro atoms. The van der Waals surface area contributed by atoms with Gasteiger partial charge in [-0.3, -0.25) is 0 Å². The first-order chi connectivity index (χ1) is 8.56. The third-order valence-electron chi connectivity index (χ3n) is 2.55. The summed E-state index contributed by atoms with van der Waals surface area (Å²) < 4.78 is 38.2. The van der Waals surface area contributed by atoms with E-state index in [4.69, 9.17) is 9.47 Å². The zero-order valence-corrected chi connectivity index (χ0v) is 12.1. The van der Waals surface area contributed by atoms with E-state index in [0.717, 1.165) is 0 Å². The first-order valence-corrected chi connectivity index (χ1v) is 6.28. The molecule has 1 aromatic carbocycles. The lowest BCUT2D eigenvalue weighted by molar-refractivity contribution is -0.125. The van der Waals surface area contributed by atoms with Gasteiger partial charge >= 0.3 is 0 Å². The zero-order valence-electron chi connectivity index (χ0n) is 10.5. The van der Waals surface area contributed by atoms with E-state index in [2.05, 4.69) is 21.2 Å². The van der Waals surface area contributed by atoms with Crippen molar-refractivity contribution in [3.05, 3.63) is 33.8 Å². The Labute approximate surface area is 114 Å². The Kier molecular flexibility index (Phi) is 6.14. The van der Waals surface area contributed by atoms with Crippen molar-refractivity contribution in [2.24, 2.45) is 0 Å². The van der Waals surface area contributed by atoms with Crippen LogP contribution < -0.4 is 5.32 Å². The van der Waals surface area contributed by atoms with E-state index in [9.17, 15) is 8.78 Å². The maximum absolute atomic E-state index is 14.0. The largest absolute Gasteiger partial charge is 0.354 e. The summed E-state index contributed by atoms with van der Waals surface area (Å²) >= 11 is 3.04. The van der Waals surface area contributed by atoms with Crippen LogP contribution >= 0.6 is 15.9 Å². The molecule has 0 saturated heterocycles. The first-order valence-electron chi connectivity index (χ1n) is 5.49. The molecule has 102 valence electrons. The molecule has 1 rings (SSSR count). The Balaban J connectivity index is 3.24. The van der Waals surface area contributed by atoms with Gasteiger partial charge in [-0.2, -0.15) is 0 Å². The number of likely N-dealkylation sites (N-methyl/N-ethyl adjacent to an activating group) is 1. The predicted octanol–water partition coefficient (Wildman–Crippen LogP) is 3.00. The van der Waals surface area contributed by atoms with Gasteiger partial charge in [0.1, 0.15) is 11.6 Å². The van der Waals surface area contributed by atoms with Crippen molar-refractivity contribution in [2.45, 2.75) is 19.3 Å². The van der Waals surface area contributed by atoms with Crippen LogP contribution in [0, 0.1) is 11.6 Å². The summed E-state index contributed by atoms with van der Waals surface area (Å²) in [5, 5.41) is 2.96. The van der Waals surface area contributed by atoms with E-state index in [0.29, 0.717) is 6.54 Å². The van der Waals surface area contributed by atoms with Gasteiger partial charge in [-0.15, -0.1) is 0 Å². The molecule has 0 fully saturated rings. The molecule has 6 heteroatoms. The Hall–Kier alpha value is -0.560. The standard InChI is InChI=1S/C12H16BrF2NO2/c1-4-16-11(12(17-2)18-3)9-8(14)6-5-7(13)10(9)15/h5-6,11-12,16H,4H2,1-3H3. The van der Waals surface area contributed by atoms with Gasteiger partial charge in [-0.05, 0) is 34.6 Å². The lowest BCUT2D eigenvalue weighted by atomic mass is 10.0. The van der Waals surface area contributed by atoms with Gasteiger partial charge in [0, 0.05) is 19.8 Å². The quantitative estimate of drug-likeness (QED) is 0.645. The number of methoxy groups -OCH3 is 2. The molecule has 1 N–H and O–H groups in total. The molecule has 0 aromatic heterocycles. The second kappa shape index (κ2) is 7.13. The Morgan fingerprint density at radius 2 is 1.89 bits per heavy atom. The van der Waals surface area contributed by atoms with Gasteiger partial charge < -0.3 is 14.8 Å². The van der Waals surface area contributed by atoms with Crippen molar-refractivity contribution in [2.75, 3.05) is 20.8 Å². The van der Waals surface area contributed by atoms with Crippen molar-refractivity contribution in [3.8, 4) is 0 Å². The van der Waals surface area contributed by atoms with Gasteiger partial charge in [0.05, 0.1) is 10.5 Å². The van der Waals surface area contributed by atoms with Crippen LogP contribution in [0.25, 0.3) is 0 Å². The molecule has 1 aromatic rings. The summed E-state index contributed by atoms with van der Waals surface area (Å²) in [5.74, 6) is -1.29. The molecule has 1 unspecified atom stereocenters. The van der Waals surface area contributed by atoms with Crippen molar-refractivity contribution in [1.29, 1.82) is 0 Å². The lowest BCUT2D eigenvalue weighted by Gasteiger charge is -2.26. The monoisotopic (exact) mass is 323 g/mol. The molecular weight excluding hydrogens is 308 g/mol. The summed E-state index contributed by atoms with van der Waals surface area (Å²) in [6.45, 7) is 2.36. The van der Waals surface area contributed by atoms with Crippen LogP contribution in [0.3, 0.4) is 0 Å². The third-order valence-corrected chi connectivity index (χ3v) is 3.16. The van der Waals surface area contributed by atoms with E-state index >= 15 is 0 Å². The number of rotatable bonds is 6. The van der Waals surface area contributed by atoms with Gasteiger partial charge in [0.25, 0.3) is 0 Å². The number of hydrogen-bond acceptors (Lipinski definition) is 3. The summed E-state index contributed by atoms with van der Waals surface area (Å²) in [7, 11) is 2.85. The molecular formula is C12H16BrF2NO2. The molecule has 0 bridgehead atoms. The molecule has 0 saturated carbocycles. The molecule has 0 aliphatic rings. The van der Waals surface area contributed by atoms with E-state index < -0.39 is 24.0 Å². The average Bonchev–Trinajstić information content (AvgIpc) is 2.36. The Bertz CT molecular complexity index is 400. The van der Waals surface area contributed by atoms with E-state index in [1.807, 2.05) is 6.92 Å². The third kappa shape index (κ3) is 3.26. The first kappa shape index (κ1) is 15.5. The number of nitrogens with one attached hydrogen (secondary N) is 1. The minimum atomic E-state index is -0.775. The predicted molar refractivity (Wildman–Crippen MR) is 68.3 cm³/mol. The molecule has 3 nitrogen and oxygen atoms in total. The lowest BCUT2D eigenvalue weighted by Crippen LogP contribution is -2.35. The average molecular weight is 324 g/mol. The Morgan fingerprint density at radius 3 is 2.39 bits per heavy atom. The highest BCUT2D eigenvalue weighted by molar-refractivity contribution is 9.10. The highest BCUT2D eigenvalue weighted by atomic mass is 79.9. The SMILES string of the molecule is CCNC(c1c(F)ccc(Br)c1F)C(OC)OC. The summed E-state index contributed by atoms with van der Waals surface area (Å²) in [4.78, 5) is 0. The van der Waals surface area contributed by atoms with Crippen LogP contribution in [0.5, 0.6) is 0 Å². The molecule has 1 atom stereocenters. The number of ether oxygens (including phenoxy) is 2. The summed E-state index contributed by atoms with van der Waals surface area (Å²) in [6.07, 6.45) is -0.775. The summed E-state index contributed by atoms with van der Waals surface area (Å²) in [6, 6.07) is 1.81. The molecule has 0 radical (unpaired) electrons. The fourth-order valence-electron chi connectivity index (χ4n) is 1.75. The number of benzene rings is 1. The van der Waals surface area contributed by atoms with Crippen LogP contribution in [-0.2, 0) is 9.47 Å². The Morgan fingerprint density at radius 1 is 1.28 bits per heavy atom. The van der Waals surface area contributed by atoms with Gasteiger partial charge in [0.2, 0.25) is 0 Å². The fraction of sp³-hybridized carbons (Fsp3) is 0.500. The van der Waals surface area contributed by atoms with Gasteiger partial charge in [0.15, 0.2) is 6.29 Å². The van der Waals surface area contributed by atoms with Crippen LogP contribution in [-0.4, -0.2) is 27.1 Å². The number of hydrogen-bond donors (Lipinski definition) is 1. The minimum Gasteiger partial charge on any atom is -0.354 e. The minimum absolute atomic E-state index is 0.0973. The second-order valence-electron chi connectivity index (χ2n) is 3.63. The second-order valence-corrected chi connectivity index (χ2v) is 4.49. The highest BCUT2D eigenvalue weighted by Gasteiger charge is 2.28. The van der Waals surface area contributed by atoms with E-state index in [1.54, 1.807) is 0 Å². The van der Waals surface area contributed by atoms with Crippen molar-refractivity contribution in [3.63, 3.8) is 0 Å². The number of halogens is 3. The highest BCUT2D eigenvalue weighted by Crippen LogP contribution is 2.29. The normalized spacial score (nSPS) is 13.1. The molecule has 0 aliphatic heterocycles. The van der Waals surface area contributed by atoms with Crippen LogP contribution in [0.15, 0.2) is 16.6 Å². The van der Waals surface area contributed by atoms with Gasteiger partial charge in [-0.1, -0.05) is 6.92 Å². The van der Waals surface area contributed by atoms with Crippen LogP contribution in [0.2, 0.25) is 0 Å². The maximum atomic E-state index is 14.0. The molecule has 18 heavy (non-hydrogen) atoms. The maximum Gasteiger partial charge on any atom is 0.176 e. The fourth-order valence-corrected chi connectivity index (χ4v) is 2.10. The molecule has 0 amide bonds. The van der Waals surface area contributed by atoms with E-state index in [-0.39, 0.29) is 10.0 Å². The summed E-state index contributed by atoms with van der Waals surface area (Å²) in [5.41, 5.74) is -0.0973. The van der Waals surface area contributed by atoms with Crippen molar-refractivity contribution in [1.82, 2.24) is 5.32 Å².